The van der Waals surface area contributed by atoms with Crippen molar-refractivity contribution in [2.45, 2.75) is 52.2 Å². The topological polar surface area (TPSA) is 51.5 Å². The molecular formula is C16H24N2O3. The first-order valence-corrected chi connectivity index (χ1v) is 7.43. The van der Waals surface area contributed by atoms with Gasteiger partial charge in [0, 0.05) is 31.4 Å². The lowest BCUT2D eigenvalue weighted by atomic mass is 10.0. The Morgan fingerprint density at radius 2 is 1.86 bits per heavy atom. The SMILES string of the molecule is Cc1ccc(=O)n(C2CCN(C(=O)OC(C)(C)C)CC2)c1. The predicted molar refractivity (Wildman–Crippen MR) is 81.5 cm³/mol. The monoisotopic (exact) mass is 292 g/mol. The Bertz CT molecular complexity index is 564. The van der Waals surface area contributed by atoms with Crippen LogP contribution in [0.1, 0.15) is 45.2 Å². The molecule has 21 heavy (non-hydrogen) atoms. The predicted octanol–water partition coefficient (Wildman–Crippen LogP) is 2.73. The Labute approximate surface area is 125 Å². The number of nitrogens with zero attached hydrogens (tertiary/aromatic N) is 2. The van der Waals surface area contributed by atoms with Crippen LogP contribution in [0.2, 0.25) is 0 Å². The van der Waals surface area contributed by atoms with E-state index < -0.39 is 5.60 Å². The number of carbonyl (C=O) groups is 1. The van der Waals surface area contributed by atoms with E-state index in [1.807, 2.05) is 40.0 Å². The average molecular weight is 292 g/mol. The maximum absolute atomic E-state index is 12.0. The molecule has 0 radical (unpaired) electrons. The molecule has 0 spiro atoms. The van der Waals surface area contributed by atoms with E-state index in [-0.39, 0.29) is 17.7 Å². The molecule has 0 bridgehead atoms. The molecule has 1 saturated heterocycles. The fraction of sp³-hybridized carbons (Fsp3) is 0.625. The fourth-order valence-electron chi connectivity index (χ4n) is 2.55. The van der Waals surface area contributed by atoms with Gasteiger partial charge in [-0.25, -0.2) is 4.79 Å². The molecule has 5 heteroatoms. The first-order chi connectivity index (χ1) is 9.76. The van der Waals surface area contributed by atoms with E-state index in [1.165, 1.54) is 0 Å². The molecule has 0 atom stereocenters. The van der Waals surface area contributed by atoms with Gasteiger partial charge in [0.25, 0.3) is 5.56 Å². The lowest BCUT2D eigenvalue weighted by Crippen LogP contribution is -2.43. The van der Waals surface area contributed by atoms with E-state index in [1.54, 1.807) is 15.5 Å². The lowest BCUT2D eigenvalue weighted by molar-refractivity contribution is 0.0187. The molecule has 1 aromatic rings. The van der Waals surface area contributed by atoms with Crippen LogP contribution in [0.3, 0.4) is 0 Å². The minimum absolute atomic E-state index is 0.0244. The molecule has 0 unspecified atom stereocenters. The number of ether oxygens (including phenoxy) is 1. The van der Waals surface area contributed by atoms with Crippen molar-refractivity contribution < 1.29 is 9.53 Å². The Kier molecular flexibility index (Phi) is 4.40. The van der Waals surface area contributed by atoms with Gasteiger partial charge >= 0.3 is 6.09 Å². The van der Waals surface area contributed by atoms with Crippen LogP contribution in [-0.4, -0.2) is 34.3 Å². The van der Waals surface area contributed by atoms with E-state index >= 15 is 0 Å². The van der Waals surface area contributed by atoms with Gasteiger partial charge in [-0.2, -0.15) is 0 Å². The Morgan fingerprint density at radius 1 is 1.24 bits per heavy atom. The van der Waals surface area contributed by atoms with Gasteiger partial charge in [0.15, 0.2) is 0 Å². The highest BCUT2D eigenvalue weighted by Gasteiger charge is 2.27. The number of rotatable bonds is 1. The molecule has 0 N–H and O–H groups in total. The van der Waals surface area contributed by atoms with Gasteiger partial charge in [-0.15, -0.1) is 0 Å². The van der Waals surface area contributed by atoms with Crippen molar-refractivity contribution in [1.82, 2.24) is 9.47 Å². The van der Waals surface area contributed by atoms with Crippen LogP contribution < -0.4 is 5.56 Å². The molecule has 0 aliphatic carbocycles. The smallest absolute Gasteiger partial charge is 0.410 e. The molecule has 1 aliphatic rings. The van der Waals surface area contributed by atoms with Crippen molar-refractivity contribution in [2.24, 2.45) is 0 Å². The minimum atomic E-state index is -0.471. The first kappa shape index (κ1) is 15.6. The molecule has 1 aromatic heterocycles. The van der Waals surface area contributed by atoms with E-state index in [4.69, 9.17) is 4.74 Å². The third-order valence-corrected chi connectivity index (χ3v) is 3.60. The highest BCUT2D eigenvalue weighted by atomic mass is 16.6. The van der Waals surface area contributed by atoms with Gasteiger partial charge in [-0.3, -0.25) is 4.79 Å². The van der Waals surface area contributed by atoms with Crippen molar-refractivity contribution in [3.63, 3.8) is 0 Å². The molecule has 0 aromatic carbocycles. The number of amides is 1. The highest BCUT2D eigenvalue weighted by molar-refractivity contribution is 5.68. The number of aryl methyl sites for hydroxylation is 1. The number of aromatic nitrogens is 1. The molecule has 5 nitrogen and oxygen atoms in total. The average Bonchev–Trinajstić information content (AvgIpc) is 2.40. The van der Waals surface area contributed by atoms with Crippen molar-refractivity contribution in [2.75, 3.05) is 13.1 Å². The van der Waals surface area contributed by atoms with E-state index in [0.29, 0.717) is 13.1 Å². The summed E-state index contributed by atoms with van der Waals surface area (Å²) < 4.78 is 7.17. The second-order valence-corrected chi connectivity index (χ2v) is 6.65. The molecule has 2 rings (SSSR count). The van der Waals surface area contributed by atoms with Crippen LogP contribution in [0, 0.1) is 6.92 Å². The van der Waals surface area contributed by atoms with Gasteiger partial charge in [-0.1, -0.05) is 6.07 Å². The van der Waals surface area contributed by atoms with E-state index in [2.05, 4.69) is 0 Å². The number of hydrogen-bond donors (Lipinski definition) is 0. The van der Waals surface area contributed by atoms with Crippen molar-refractivity contribution in [1.29, 1.82) is 0 Å². The number of carbonyl (C=O) groups excluding carboxylic acids is 1. The summed E-state index contributed by atoms with van der Waals surface area (Å²) in [6, 6.07) is 3.60. The van der Waals surface area contributed by atoms with Gasteiger partial charge in [0.05, 0.1) is 0 Å². The van der Waals surface area contributed by atoms with Crippen LogP contribution in [0.4, 0.5) is 4.79 Å². The maximum atomic E-state index is 12.0. The second kappa shape index (κ2) is 5.92. The van der Waals surface area contributed by atoms with Crippen LogP contribution in [0.15, 0.2) is 23.1 Å². The second-order valence-electron chi connectivity index (χ2n) is 6.65. The molecule has 1 aliphatic heterocycles. The zero-order valence-electron chi connectivity index (χ0n) is 13.3. The fourth-order valence-corrected chi connectivity index (χ4v) is 2.55. The highest BCUT2D eigenvalue weighted by Crippen LogP contribution is 2.22. The lowest BCUT2D eigenvalue weighted by Gasteiger charge is -2.34. The summed E-state index contributed by atoms with van der Waals surface area (Å²) in [6.45, 7) is 8.82. The van der Waals surface area contributed by atoms with Crippen LogP contribution >= 0.6 is 0 Å². The zero-order valence-corrected chi connectivity index (χ0v) is 13.3. The van der Waals surface area contributed by atoms with Gasteiger partial charge in [0.2, 0.25) is 0 Å². The zero-order chi connectivity index (χ0) is 15.6. The van der Waals surface area contributed by atoms with Gasteiger partial charge in [-0.05, 0) is 46.1 Å². The van der Waals surface area contributed by atoms with Crippen molar-refractivity contribution in [3.8, 4) is 0 Å². The number of hydrogen-bond acceptors (Lipinski definition) is 3. The number of piperidine rings is 1. The van der Waals surface area contributed by atoms with Crippen molar-refractivity contribution in [3.05, 3.63) is 34.2 Å². The van der Waals surface area contributed by atoms with Crippen molar-refractivity contribution >= 4 is 6.09 Å². The summed E-state index contributed by atoms with van der Waals surface area (Å²) in [5.74, 6) is 0. The summed E-state index contributed by atoms with van der Waals surface area (Å²) >= 11 is 0. The molecule has 0 saturated carbocycles. The Morgan fingerprint density at radius 3 is 2.43 bits per heavy atom. The molecule has 1 amide bonds. The first-order valence-electron chi connectivity index (χ1n) is 7.43. The molecule has 1 fully saturated rings. The molecule has 2 heterocycles. The van der Waals surface area contributed by atoms with Crippen LogP contribution in [-0.2, 0) is 4.74 Å². The normalized spacial score (nSPS) is 16.9. The minimum Gasteiger partial charge on any atom is -0.444 e. The summed E-state index contributed by atoms with van der Waals surface area (Å²) in [6.07, 6.45) is 3.19. The quantitative estimate of drug-likeness (QED) is 0.799. The summed E-state index contributed by atoms with van der Waals surface area (Å²) in [5.41, 5.74) is 0.627. The Hall–Kier alpha value is -1.78. The molecule has 116 valence electrons. The standard InChI is InChI=1S/C16H24N2O3/c1-12-5-6-14(19)18(11-12)13-7-9-17(10-8-13)15(20)21-16(2,3)4/h5-6,11,13H,7-10H2,1-4H3. The van der Waals surface area contributed by atoms with Gasteiger partial charge < -0.3 is 14.2 Å². The van der Waals surface area contributed by atoms with Crippen LogP contribution in [0.25, 0.3) is 0 Å². The van der Waals surface area contributed by atoms with Gasteiger partial charge in [0.1, 0.15) is 5.60 Å². The third kappa shape index (κ3) is 4.09. The summed E-state index contributed by atoms with van der Waals surface area (Å²) in [7, 11) is 0. The molecular weight excluding hydrogens is 268 g/mol. The summed E-state index contributed by atoms with van der Waals surface area (Å²) in [4.78, 5) is 25.7. The van der Waals surface area contributed by atoms with Crippen LogP contribution in [0.5, 0.6) is 0 Å². The number of pyridine rings is 1. The third-order valence-electron chi connectivity index (χ3n) is 3.60. The van der Waals surface area contributed by atoms with E-state index in [9.17, 15) is 9.59 Å². The number of likely N-dealkylation sites (tertiary alicyclic amines) is 1. The van der Waals surface area contributed by atoms with E-state index in [0.717, 1.165) is 18.4 Å². The maximum Gasteiger partial charge on any atom is 0.410 e. The Balaban J connectivity index is 1.99. The largest absolute Gasteiger partial charge is 0.444 e. The summed E-state index contributed by atoms with van der Waals surface area (Å²) in [5, 5.41) is 0.